The molecule has 2 aromatic carbocycles. The maximum absolute atomic E-state index is 11.4. The van der Waals surface area contributed by atoms with Crippen molar-refractivity contribution in [1.29, 1.82) is 0 Å². The van der Waals surface area contributed by atoms with E-state index in [9.17, 15) is 4.79 Å². The van der Waals surface area contributed by atoms with Gasteiger partial charge < -0.3 is 10.2 Å². The van der Waals surface area contributed by atoms with Crippen molar-refractivity contribution in [3.63, 3.8) is 0 Å². The predicted octanol–water partition coefficient (Wildman–Crippen LogP) is 5.76. The number of allylic oxidation sites excluding steroid dienone is 2. The number of aryl methyl sites for hydroxylation is 1. The van der Waals surface area contributed by atoms with Crippen LogP contribution in [-0.2, 0) is 11.3 Å². The van der Waals surface area contributed by atoms with Crippen molar-refractivity contribution in [2.24, 2.45) is 0 Å². The number of carbonyl (C=O) groups is 1. The zero-order valence-corrected chi connectivity index (χ0v) is 20.1. The Labute approximate surface area is 198 Å². The van der Waals surface area contributed by atoms with Crippen LogP contribution in [0.3, 0.4) is 0 Å². The fourth-order valence-corrected chi connectivity index (χ4v) is 6.27. The van der Waals surface area contributed by atoms with Gasteiger partial charge in [-0.15, -0.1) is 0 Å². The molecule has 0 atom stereocenters. The lowest BCUT2D eigenvalue weighted by Gasteiger charge is -2.17. The van der Waals surface area contributed by atoms with Crippen LogP contribution in [0.4, 0.5) is 5.69 Å². The molecule has 0 saturated carbocycles. The van der Waals surface area contributed by atoms with Gasteiger partial charge in [0.15, 0.2) is 6.54 Å². The normalized spacial score (nSPS) is 14.8. The second-order valence-electron chi connectivity index (χ2n) is 7.59. The molecule has 1 aromatic heterocycles. The second kappa shape index (κ2) is 10.2. The van der Waals surface area contributed by atoms with Gasteiger partial charge in [-0.05, 0) is 49.8 Å². The Morgan fingerprint density at radius 1 is 1.19 bits per heavy atom. The Morgan fingerprint density at radius 2 is 1.97 bits per heavy atom. The van der Waals surface area contributed by atoms with Crippen molar-refractivity contribution in [2.75, 3.05) is 18.0 Å². The maximum atomic E-state index is 11.4. The summed E-state index contributed by atoms with van der Waals surface area (Å²) in [6.07, 6.45) is 6.74. The first kappa shape index (κ1) is 22.4. The lowest BCUT2D eigenvalue weighted by atomic mass is 10.2. The summed E-state index contributed by atoms with van der Waals surface area (Å²) in [6, 6.07) is 17.1. The number of nitrogens with zero attached hydrogens (tertiary/aromatic N) is 2. The summed E-state index contributed by atoms with van der Waals surface area (Å²) < 4.78 is 3.63. The van der Waals surface area contributed by atoms with E-state index in [1.807, 2.05) is 11.8 Å². The zero-order chi connectivity index (χ0) is 22.5. The van der Waals surface area contributed by atoms with E-state index in [1.54, 1.807) is 11.3 Å². The Balaban J connectivity index is 1.59. The number of hydrogen-bond acceptors (Lipinski definition) is 4. The summed E-state index contributed by atoms with van der Waals surface area (Å²) in [5.41, 5.74) is 3.74. The van der Waals surface area contributed by atoms with E-state index in [-0.39, 0.29) is 5.91 Å². The lowest BCUT2D eigenvalue weighted by Crippen LogP contribution is -2.37. The number of thiazole rings is 1. The second-order valence-corrected chi connectivity index (χ2v) is 9.72. The Hall–Kier alpha value is -2.83. The van der Waals surface area contributed by atoms with Gasteiger partial charge in [0.2, 0.25) is 11.4 Å². The van der Waals surface area contributed by atoms with Crippen LogP contribution in [0.25, 0.3) is 16.3 Å². The molecule has 3 aromatic rings. The summed E-state index contributed by atoms with van der Waals surface area (Å²) in [7, 11) is 0. The minimum absolute atomic E-state index is 0.122. The van der Waals surface area contributed by atoms with E-state index in [2.05, 4.69) is 95.9 Å². The van der Waals surface area contributed by atoms with Crippen molar-refractivity contribution >= 4 is 51.0 Å². The van der Waals surface area contributed by atoms with Gasteiger partial charge in [0.05, 0.1) is 10.7 Å². The number of amides is 1. The Kier molecular flexibility index (Phi) is 7.12. The summed E-state index contributed by atoms with van der Waals surface area (Å²) >= 11 is 3.64. The van der Waals surface area contributed by atoms with Gasteiger partial charge in [-0.2, -0.15) is 4.57 Å². The highest BCUT2D eigenvalue weighted by atomic mass is 32.2. The fourth-order valence-electron chi connectivity index (χ4n) is 3.83. The quantitative estimate of drug-likeness (QED) is 0.263. The molecule has 4 nitrogen and oxygen atoms in total. The molecule has 4 rings (SSSR count). The standard InChI is InChI=1S/C26H27N3OS2/c1-4-24(30)27-15-10-16-29-21-12-7-9-14-23(21)32-26(29)18-19(3)17-25-28(5-2)20-11-6-8-13-22(20)31-25/h4,6-9,11-14,17-18H,1,5,10,15-16H2,2-3H3/p+1. The van der Waals surface area contributed by atoms with E-state index in [0.29, 0.717) is 6.54 Å². The van der Waals surface area contributed by atoms with Crippen molar-refractivity contribution < 1.29 is 9.36 Å². The summed E-state index contributed by atoms with van der Waals surface area (Å²) in [5, 5.41) is 5.36. The third-order valence-electron chi connectivity index (χ3n) is 5.33. The SMILES string of the molecule is C=CC(=O)NCCC[n+]1c(C=C(C)C=C2Sc3ccccc3N2CC)sc2ccccc21. The number of rotatable bonds is 8. The molecular weight excluding hydrogens is 434 g/mol. The summed E-state index contributed by atoms with van der Waals surface area (Å²) in [6.45, 7) is 10.3. The number of carbonyl (C=O) groups excluding carboxylic acids is 1. The average Bonchev–Trinajstić information content (AvgIpc) is 3.33. The highest BCUT2D eigenvalue weighted by Crippen LogP contribution is 2.45. The van der Waals surface area contributed by atoms with Crippen LogP contribution >= 0.6 is 23.1 Å². The molecule has 0 fully saturated rings. The third-order valence-corrected chi connectivity index (χ3v) is 7.56. The van der Waals surface area contributed by atoms with Gasteiger partial charge in [0.25, 0.3) is 5.01 Å². The average molecular weight is 463 g/mol. The molecule has 32 heavy (non-hydrogen) atoms. The lowest BCUT2D eigenvalue weighted by molar-refractivity contribution is -0.669. The monoisotopic (exact) mass is 462 g/mol. The molecule has 1 aliphatic rings. The number of anilines is 1. The first-order valence-corrected chi connectivity index (χ1v) is 12.5. The van der Waals surface area contributed by atoms with Crippen molar-refractivity contribution in [3.05, 3.63) is 82.9 Å². The number of nitrogens with one attached hydrogen (secondary N) is 1. The number of thioether (sulfide) groups is 1. The van der Waals surface area contributed by atoms with E-state index in [0.717, 1.165) is 19.5 Å². The highest BCUT2D eigenvalue weighted by Gasteiger charge is 2.23. The number of aromatic nitrogens is 1. The number of fused-ring (bicyclic) bond motifs is 2. The Morgan fingerprint density at radius 3 is 2.78 bits per heavy atom. The number of benzene rings is 2. The molecule has 1 N–H and O–H groups in total. The van der Waals surface area contributed by atoms with Gasteiger partial charge in [0, 0.05) is 36.5 Å². The van der Waals surface area contributed by atoms with E-state index in [4.69, 9.17) is 0 Å². The summed E-state index contributed by atoms with van der Waals surface area (Å²) in [4.78, 5) is 15.1. The molecule has 0 aliphatic carbocycles. The van der Waals surface area contributed by atoms with Gasteiger partial charge in [-0.25, -0.2) is 0 Å². The number of para-hydroxylation sites is 2. The fraction of sp³-hybridized carbons (Fsp3) is 0.231. The molecule has 0 unspecified atom stereocenters. The predicted molar refractivity (Wildman–Crippen MR) is 137 cm³/mol. The van der Waals surface area contributed by atoms with Crippen molar-refractivity contribution in [1.82, 2.24) is 5.32 Å². The van der Waals surface area contributed by atoms with E-state index >= 15 is 0 Å². The molecule has 1 amide bonds. The molecule has 6 heteroatoms. The van der Waals surface area contributed by atoms with E-state index in [1.165, 1.54) is 42.5 Å². The van der Waals surface area contributed by atoms with Gasteiger partial charge in [0.1, 0.15) is 4.70 Å². The molecule has 0 saturated heterocycles. The topological polar surface area (TPSA) is 36.2 Å². The third kappa shape index (κ3) is 4.81. The number of hydrogen-bond donors (Lipinski definition) is 1. The molecule has 164 valence electrons. The molecule has 0 radical (unpaired) electrons. The Bertz CT molecular complexity index is 1210. The maximum Gasteiger partial charge on any atom is 0.263 e. The van der Waals surface area contributed by atoms with E-state index < -0.39 is 0 Å². The molecule has 2 heterocycles. The van der Waals surface area contributed by atoms with Crippen LogP contribution < -0.4 is 14.8 Å². The van der Waals surface area contributed by atoms with Crippen LogP contribution in [0, 0.1) is 0 Å². The first-order chi connectivity index (χ1) is 15.6. The smallest absolute Gasteiger partial charge is 0.263 e. The van der Waals surface area contributed by atoms with Crippen LogP contribution in [0.15, 0.2) is 82.8 Å². The van der Waals surface area contributed by atoms with Crippen molar-refractivity contribution in [3.8, 4) is 0 Å². The van der Waals surface area contributed by atoms with Gasteiger partial charge >= 0.3 is 0 Å². The van der Waals surface area contributed by atoms with Crippen LogP contribution in [0.2, 0.25) is 0 Å². The van der Waals surface area contributed by atoms with Crippen LogP contribution in [-0.4, -0.2) is 19.0 Å². The molecule has 0 bridgehead atoms. The minimum atomic E-state index is -0.122. The van der Waals surface area contributed by atoms with Crippen molar-refractivity contribution in [2.45, 2.75) is 31.7 Å². The molecule has 0 spiro atoms. The summed E-state index contributed by atoms with van der Waals surface area (Å²) in [5.74, 6) is -0.122. The molecular formula is C26H28N3OS2+. The highest BCUT2D eigenvalue weighted by molar-refractivity contribution is 8.03. The molecule has 1 aliphatic heterocycles. The van der Waals surface area contributed by atoms with Crippen LogP contribution in [0.5, 0.6) is 0 Å². The largest absolute Gasteiger partial charge is 0.352 e. The first-order valence-electron chi connectivity index (χ1n) is 10.9. The van der Waals surface area contributed by atoms with Crippen LogP contribution in [0.1, 0.15) is 25.3 Å². The van der Waals surface area contributed by atoms with Gasteiger partial charge in [-0.3, -0.25) is 4.79 Å². The van der Waals surface area contributed by atoms with Gasteiger partial charge in [-0.1, -0.05) is 53.9 Å². The minimum Gasteiger partial charge on any atom is -0.352 e. The zero-order valence-electron chi connectivity index (χ0n) is 18.5.